The summed E-state index contributed by atoms with van der Waals surface area (Å²) in [5.41, 5.74) is 1.55. The topological polar surface area (TPSA) is 74.8 Å². The summed E-state index contributed by atoms with van der Waals surface area (Å²) in [5, 5.41) is 0.659. The van der Waals surface area contributed by atoms with E-state index in [0.717, 1.165) is 0 Å². The Balaban J connectivity index is 2.01. The number of hydrogen-bond donors (Lipinski definition) is 2. The number of nitrogens with one attached hydrogen (secondary N) is 2. The van der Waals surface area contributed by atoms with Crippen LogP contribution in [0, 0.1) is 0 Å². The number of halogens is 2. The molecule has 3 rings (SSSR count). The van der Waals surface area contributed by atoms with Crippen LogP contribution in [-0.2, 0) is 10.0 Å². The van der Waals surface area contributed by atoms with Crippen LogP contribution in [0.5, 0.6) is 0 Å². The highest BCUT2D eigenvalue weighted by Crippen LogP contribution is 2.28. The molecule has 0 fully saturated rings. The number of nitrogens with zero attached hydrogens (tertiary/aromatic N) is 1. The maximum absolute atomic E-state index is 12.4. The van der Waals surface area contributed by atoms with Gasteiger partial charge in [-0.15, -0.1) is 0 Å². The monoisotopic (exact) mass is 341 g/mol. The van der Waals surface area contributed by atoms with Crippen molar-refractivity contribution < 1.29 is 8.42 Å². The highest BCUT2D eigenvalue weighted by atomic mass is 35.5. The number of rotatable bonds is 3. The molecule has 0 aliphatic carbocycles. The molecule has 0 bridgehead atoms. The van der Waals surface area contributed by atoms with Gasteiger partial charge in [0.05, 0.1) is 33.0 Å². The van der Waals surface area contributed by atoms with Gasteiger partial charge in [0.1, 0.15) is 0 Å². The first-order valence-corrected chi connectivity index (χ1v) is 8.11. The summed E-state index contributed by atoms with van der Waals surface area (Å²) < 4.78 is 27.2. The van der Waals surface area contributed by atoms with E-state index in [1.807, 2.05) is 0 Å². The van der Waals surface area contributed by atoms with Crippen molar-refractivity contribution in [2.75, 3.05) is 4.72 Å². The molecule has 21 heavy (non-hydrogen) atoms. The molecular formula is C13H9Cl2N3O2S. The van der Waals surface area contributed by atoms with Gasteiger partial charge in [-0.3, -0.25) is 4.72 Å². The zero-order valence-electron chi connectivity index (χ0n) is 10.5. The first kappa shape index (κ1) is 14.2. The Bertz CT molecular complexity index is 922. The summed E-state index contributed by atoms with van der Waals surface area (Å²) in [4.78, 5) is 7.01. The van der Waals surface area contributed by atoms with Gasteiger partial charge in [-0.2, -0.15) is 0 Å². The number of anilines is 1. The van der Waals surface area contributed by atoms with Crippen LogP contribution in [0.25, 0.3) is 11.0 Å². The molecule has 0 unspecified atom stereocenters. The van der Waals surface area contributed by atoms with Gasteiger partial charge >= 0.3 is 0 Å². The van der Waals surface area contributed by atoms with Crippen LogP contribution in [-0.4, -0.2) is 18.4 Å². The van der Waals surface area contributed by atoms with E-state index in [1.54, 1.807) is 12.1 Å². The van der Waals surface area contributed by atoms with Crippen LogP contribution in [0.15, 0.2) is 47.6 Å². The minimum atomic E-state index is -3.76. The van der Waals surface area contributed by atoms with E-state index >= 15 is 0 Å². The zero-order chi connectivity index (χ0) is 15.0. The SMILES string of the molecule is O=S(=O)(Nc1cc(Cl)ccc1Cl)c1ccc2nc[nH]c2c1. The van der Waals surface area contributed by atoms with Crippen LogP contribution in [0.4, 0.5) is 5.69 Å². The lowest BCUT2D eigenvalue weighted by Crippen LogP contribution is -2.13. The fraction of sp³-hybridized carbons (Fsp3) is 0. The molecular weight excluding hydrogens is 333 g/mol. The molecule has 5 nitrogen and oxygen atoms in total. The number of H-pyrrole nitrogens is 1. The number of aromatic nitrogens is 2. The fourth-order valence-electron chi connectivity index (χ4n) is 1.86. The second-order valence-electron chi connectivity index (χ2n) is 4.31. The molecule has 0 amide bonds. The minimum Gasteiger partial charge on any atom is -0.345 e. The smallest absolute Gasteiger partial charge is 0.262 e. The van der Waals surface area contributed by atoms with Gasteiger partial charge in [0, 0.05) is 5.02 Å². The maximum atomic E-state index is 12.4. The fourth-order valence-corrected chi connectivity index (χ4v) is 3.35. The Morgan fingerprint density at radius 1 is 1.10 bits per heavy atom. The Kier molecular flexibility index (Phi) is 3.52. The zero-order valence-corrected chi connectivity index (χ0v) is 12.8. The average molecular weight is 342 g/mol. The highest BCUT2D eigenvalue weighted by molar-refractivity contribution is 7.92. The summed E-state index contributed by atoms with van der Waals surface area (Å²) >= 11 is 11.8. The molecule has 1 aromatic heterocycles. The molecule has 0 radical (unpaired) electrons. The molecule has 0 aliphatic rings. The third kappa shape index (κ3) is 2.83. The van der Waals surface area contributed by atoms with Crippen molar-refractivity contribution in [1.29, 1.82) is 0 Å². The van der Waals surface area contributed by atoms with Crippen molar-refractivity contribution in [3.8, 4) is 0 Å². The number of fused-ring (bicyclic) bond motifs is 1. The molecule has 8 heteroatoms. The van der Waals surface area contributed by atoms with E-state index in [4.69, 9.17) is 23.2 Å². The van der Waals surface area contributed by atoms with Gasteiger partial charge in [-0.1, -0.05) is 23.2 Å². The summed E-state index contributed by atoms with van der Waals surface area (Å²) in [7, 11) is -3.76. The number of hydrogen-bond acceptors (Lipinski definition) is 3. The first-order valence-electron chi connectivity index (χ1n) is 5.87. The molecule has 0 saturated carbocycles. The normalized spacial score (nSPS) is 11.7. The van der Waals surface area contributed by atoms with Gasteiger partial charge in [-0.05, 0) is 36.4 Å². The predicted molar refractivity (Wildman–Crippen MR) is 83.4 cm³/mol. The van der Waals surface area contributed by atoms with Gasteiger partial charge in [0.2, 0.25) is 0 Å². The van der Waals surface area contributed by atoms with Gasteiger partial charge in [0.15, 0.2) is 0 Å². The minimum absolute atomic E-state index is 0.107. The van der Waals surface area contributed by atoms with Gasteiger partial charge in [0.25, 0.3) is 10.0 Å². The molecule has 0 aliphatic heterocycles. The molecule has 108 valence electrons. The van der Waals surface area contributed by atoms with Crippen LogP contribution in [0.1, 0.15) is 0 Å². The van der Waals surface area contributed by atoms with Crippen molar-refractivity contribution >= 4 is 49.9 Å². The quantitative estimate of drug-likeness (QED) is 0.763. The van der Waals surface area contributed by atoms with Crippen LogP contribution in [0.2, 0.25) is 10.0 Å². The van der Waals surface area contributed by atoms with Gasteiger partial charge in [-0.25, -0.2) is 13.4 Å². The third-order valence-corrected chi connectivity index (χ3v) is 4.80. The Morgan fingerprint density at radius 3 is 2.71 bits per heavy atom. The number of aromatic amines is 1. The number of imidazole rings is 1. The van der Waals surface area contributed by atoms with E-state index in [-0.39, 0.29) is 15.6 Å². The van der Waals surface area contributed by atoms with E-state index in [1.165, 1.54) is 30.6 Å². The Hall–Kier alpha value is -1.76. The second-order valence-corrected chi connectivity index (χ2v) is 6.84. The van der Waals surface area contributed by atoms with Crippen molar-refractivity contribution in [2.45, 2.75) is 4.90 Å². The van der Waals surface area contributed by atoms with E-state index in [2.05, 4.69) is 14.7 Å². The lowest BCUT2D eigenvalue weighted by Gasteiger charge is -2.10. The molecule has 0 atom stereocenters. The summed E-state index contributed by atoms with van der Waals surface area (Å²) in [6.45, 7) is 0. The van der Waals surface area contributed by atoms with Crippen molar-refractivity contribution in [1.82, 2.24) is 9.97 Å². The standard InChI is InChI=1S/C13H9Cl2N3O2S/c14-8-1-3-10(15)12(5-8)18-21(19,20)9-2-4-11-13(6-9)17-7-16-11/h1-7,18H,(H,16,17). The third-order valence-electron chi connectivity index (χ3n) is 2.87. The van der Waals surface area contributed by atoms with Crippen molar-refractivity contribution in [3.63, 3.8) is 0 Å². The molecule has 2 aromatic carbocycles. The lowest BCUT2D eigenvalue weighted by molar-refractivity contribution is 0.601. The van der Waals surface area contributed by atoms with E-state index < -0.39 is 10.0 Å². The Labute approximate surface area is 131 Å². The summed E-state index contributed by atoms with van der Waals surface area (Å²) in [5.74, 6) is 0. The lowest BCUT2D eigenvalue weighted by atomic mass is 10.3. The molecule has 0 spiro atoms. The molecule has 1 heterocycles. The predicted octanol–water partition coefficient (Wildman–Crippen LogP) is 3.67. The highest BCUT2D eigenvalue weighted by Gasteiger charge is 2.17. The van der Waals surface area contributed by atoms with Crippen LogP contribution < -0.4 is 4.72 Å². The van der Waals surface area contributed by atoms with Crippen LogP contribution in [0.3, 0.4) is 0 Å². The van der Waals surface area contributed by atoms with Crippen molar-refractivity contribution in [2.24, 2.45) is 0 Å². The molecule has 3 aromatic rings. The first-order chi connectivity index (χ1) is 9.95. The van der Waals surface area contributed by atoms with Crippen molar-refractivity contribution in [3.05, 3.63) is 52.8 Å². The van der Waals surface area contributed by atoms with Gasteiger partial charge < -0.3 is 4.98 Å². The van der Waals surface area contributed by atoms with E-state index in [0.29, 0.717) is 16.1 Å². The van der Waals surface area contributed by atoms with Crippen LogP contribution >= 0.6 is 23.2 Å². The summed E-state index contributed by atoms with van der Waals surface area (Å²) in [6.07, 6.45) is 1.50. The second kappa shape index (κ2) is 5.22. The number of sulfonamides is 1. The number of benzene rings is 2. The van der Waals surface area contributed by atoms with E-state index in [9.17, 15) is 8.42 Å². The maximum Gasteiger partial charge on any atom is 0.262 e. The molecule has 2 N–H and O–H groups in total. The summed E-state index contributed by atoms with van der Waals surface area (Å²) in [6, 6.07) is 9.17. The molecule has 0 saturated heterocycles. The average Bonchev–Trinajstić information content (AvgIpc) is 2.90. The Morgan fingerprint density at radius 2 is 1.90 bits per heavy atom. The largest absolute Gasteiger partial charge is 0.345 e.